The molecule has 1 rings (SSSR count). The van der Waals surface area contributed by atoms with E-state index in [2.05, 4.69) is 33.6 Å². The van der Waals surface area contributed by atoms with Crippen LogP contribution in [0.5, 0.6) is 5.75 Å². The van der Waals surface area contributed by atoms with Crippen LogP contribution in [-0.4, -0.2) is 82.2 Å². The lowest BCUT2D eigenvalue weighted by Crippen LogP contribution is -2.57. The van der Waals surface area contributed by atoms with E-state index in [1.54, 1.807) is 12.1 Å². The van der Waals surface area contributed by atoms with Crippen LogP contribution in [0.1, 0.15) is 31.2 Å². The molecule has 0 saturated heterocycles. The Morgan fingerprint density at radius 1 is 0.872 bits per heavy atom. The molecule has 0 aliphatic carbocycles. The van der Waals surface area contributed by atoms with Crippen LogP contribution in [-0.2, 0) is 30.4 Å². The van der Waals surface area contributed by atoms with Gasteiger partial charge >= 0.3 is 5.97 Å². The third kappa shape index (κ3) is 12.8. The Labute approximate surface area is 230 Å². The number of carbonyl (C=O) groups excluding carboxylic acids is 4. The predicted octanol–water partition coefficient (Wildman–Crippen LogP) is -2.95. The maximum atomic E-state index is 13.0. The third-order valence-electron chi connectivity index (χ3n) is 5.42. The summed E-state index contributed by atoms with van der Waals surface area (Å²) in [6.45, 7) is 0.130. The van der Waals surface area contributed by atoms with E-state index in [4.69, 9.17) is 22.9 Å². The van der Waals surface area contributed by atoms with E-state index in [-0.39, 0.29) is 56.1 Å². The molecular weight excluding hydrogens is 532 g/mol. The van der Waals surface area contributed by atoms with Gasteiger partial charge in [-0.25, -0.2) is 4.79 Å². The number of thiol groups is 1. The molecule has 4 atom stereocenters. The van der Waals surface area contributed by atoms with E-state index in [0.717, 1.165) is 0 Å². The number of phenolic OH excluding ortho intramolecular Hbond substituents is 1. The lowest BCUT2D eigenvalue weighted by atomic mass is 10.1. The van der Waals surface area contributed by atoms with Crippen LogP contribution in [0.2, 0.25) is 0 Å². The van der Waals surface area contributed by atoms with E-state index in [0.29, 0.717) is 5.56 Å². The number of carboxylic acids is 1. The first-order valence-corrected chi connectivity index (χ1v) is 12.6. The van der Waals surface area contributed by atoms with Crippen LogP contribution >= 0.6 is 12.6 Å². The van der Waals surface area contributed by atoms with Crippen LogP contribution in [0, 0.1) is 0 Å². The second-order valence-corrected chi connectivity index (χ2v) is 9.00. The zero-order valence-electron chi connectivity index (χ0n) is 21.2. The number of benzene rings is 1. The molecule has 1 aromatic carbocycles. The highest BCUT2D eigenvalue weighted by Gasteiger charge is 2.30. The number of nitrogens with zero attached hydrogens (tertiary/aromatic N) is 1. The van der Waals surface area contributed by atoms with Crippen LogP contribution in [0.3, 0.4) is 0 Å². The summed E-state index contributed by atoms with van der Waals surface area (Å²) >= 11 is 4.11. The zero-order chi connectivity index (χ0) is 29.5. The van der Waals surface area contributed by atoms with Crippen LogP contribution in [0.15, 0.2) is 29.3 Å². The molecule has 4 unspecified atom stereocenters. The number of hydrogen-bond acceptors (Lipinski definition) is 9. The Morgan fingerprint density at radius 2 is 1.44 bits per heavy atom. The minimum atomic E-state index is -1.43. The van der Waals surface area contributed by atoms with E-state index >= 15 is 0 Å². The van der Waals surface area contributed by atoms with E-state index in [1.807, 2.05) is 0 Å². The van der Waals surface area contributed by atoms with Crippen molar-refractivity contribution in [2.45, 2.75) is 56.3 Å². The van der Waals surface area contributed by atoms with Crippen LogP contribution < -0.4 is 38.9 Å². The maximum absolute atomic E-state index is 13.0. The van der Waals surface area contributed by atoms with Gasteiger partial charge in [-0.2, -0.15) is 12.6 Å². The Morgan fingerprint density at radius 3 is 1.97 bits per heavy atom. The highest BCUT2D eigenvalue weighted by atomic mass is 32.1. The van der Waals surface area contributed by atoms with Gasteiger partial charge in [-0.15, -0.1) is 0 Å². The number of aliphatic carboxylic acids is 1. The first kappa shape index (κ1) is 33.0. The SMILES string of the molecule is NC(=O)CCC(NC(=O)C(CCCN=C(N)N)NC(=O)C(CS)NC(=O)C(N)Cc1ccc(O)cc1)C(=O)O. The molecule has 15 nitrogen and oxygen atoms in total. The molecule has 13 N–H and O–H groups in total. The Kier molecular flexibility index (Phi) is 14.1. The van der Waals surface area contributed by atoms with Crippen molar-refractivity contribution in [1.29, 1.82) is 0 Å². The van der Waals surface area contributed by atoms with Crippen molar-refractivity contribution in [2.75, 3.05) is 12.3 Å². The minimum Gasteiger partial charge on any atom is -0.508 e. The lowest BCUT2D eigenvalue weighted by Gasteiger charge is -2.24. The number of primary amides is 1. The molecule has 216 valence electrons. The number of hydrogen-bond donors (Lipinski definition) is 10. The fourth-order valence-electron chi connectivity index (χ4n) is 3.31. The first-order chi connectivity index (χ1) is 18.3. The highest BCUT2D eigenvalue weighted by Crippen LogP contribution is 2.11. The summed E-state index contributed by atoms with van der Waals surface area (Å²) < 4.78 is 0. The molecular formula is C23H36N8O7S. The van der Waals surface area contributed by atoms with Gasteiger partial charge in [0.15, 0.2) is 5.96 Å². The number of carboxylic acid groups (broad SMARTS) is 1. The van der Waals surface area contributed by atoms with Gasteiger partial charge < -0.3 is 49.1 Å². The van der Waals surface area contributed by atoms with Crippen LogP contribution in [0.4, 0.5) is 0 Å². The second kappa shape index (κ2) is 16.7. The van der Waals surface area contributed by atoms with Gasteiger partial charge in [-0.3, -0.25) is 24.2 Å². The Bertz CT molecular complexity index is 1030. The standard InChI is InChI=1S/C23H36N8O7S/c24-14(10-12-3-5-13(32)6-4-12)19(34)31-17(11-39)21(36)29-15(2-1-9-28-23(26)27)20(35)30-16(22(37)38)7-8-18(25)33/h3-6,14-17,32,39H,1-2,7-11,24H2,(H2,25,33)(H,29,36)(H,30,35)(H,31,34)(H,37,38)(H4,26,27,28). The highest BCUT2D eigenvalue weighted by molar-refractivity contribution is 7.80. The number of aliphatic imine (C=N–C) groups is 1. The van der Waals surface area contributed by atoms with Crippen molar-refractivity contribution >= 4 is 48.2 Å². The fourth-order valence-corrected chi connectivity index (χ4v) is 3.57. The van der Waals surface area contributed by atoms with Crippen molar-refractivity contribution in [3.63, 3.8) is 0 Å². The molecule has 0 heterocycles. The summed E-state index contributed by atoms with van der Waals surface area (Å²) in [7, 11) is 0. The largest absolute Gasteiger partial charge is 0.508 e. The molecule has 0 aromatic heterocycles. The second-order valence-electron chi connectivity index (χ2n) is 8.64. The normalized spacial score (nSPS) is 13.7. The molecule has 4 amide bonds. The number of carbonyl (C=O) groups is 5. The average Bonchev–Trinajstić information content (AvgIpc) is 2.87. The van der Waals surface area contributed by atoms with Gasteiger partial charge in [0.1, 0.15) is 23.9 Å². The Balaban J connectivity index is 2.91. The summed E-state index contributed by atoms with van der Waals surface area (Å²) in [4.78, 5) is 64.8. The number of amides is 4. The molecule has 39 heavy (non-hydrogen) atoms. The molecule has 1 aromatic rings. The minimum absolute atomic E-state index is 0.0180. The first-order valence-electron chi connectivity index (χ1n) is 12.0. The zero-order valence-corrected chi connectivity index (χ0v) is 22.1. The number of rotatable bonds is 17. The fraction of sp³-hybridized carbons (Fsp3) is 0.478. The summed E-state index contributed by atoms with van der Waals surface area (Å²) in [6, 6.07) is 1.24. The van der Waals surface area contributed by atoms with Crippen LogP contribution in [0.25, 0.3) is 0 Å². The molecule has 0 saturated carbocycles. The van der Waals surface area contributed by atoms with Gasteiger partial charge in [-0.1, -0.05) is 12.1 Å². The topological polar surface area (TPSA) is 278 Å². The number of phenols is 1. The average molecular weight is 569 g/mol. The summed E-state index contributed by atoms with van der Waals surface area (Å²) in [5.41, 5.74) is 22.3. The van der Waals surface area contributed by atoms with E-state index in [1.165, 1.54) is 12.1 Å². The Hall–Kier alpha value is -4.05. The predicted molar refractivity (Wildman–Crippen MR) is 145 cm³/mol. The molecule has 0 aliphatic heterocycles. The van der Waals surface area contributed by atoms with Gasteiger partial charge in [0.2, 0.25) is 23.6 Å². The summed E-state index contributed by atoms with van der Waals surface area (Å²) in [6.07, 6.45) is -0.143. The third-order valence-corrected chi connectivity index (χ3v) is 5.78. The van der Waals surface area contributed by atoms with Crippen molar-refractivity contribution in [2.24, 2.45) is 27.9 Å². The maximum Gasteiger partial charge on any atom is 0.326 e. The van der Waals surface area contributed by atoms with Gasteiger partial charge in [0.25, 0.3) is 0 Å². The lowest BCUT2D eigenvalue weighted by molar-refractivity contribution is -0.142. The monoisotopic (exact) mass is 568 g/mol. The van der Waals surface area contributed by atoms with Gasteiger partial charge in [0, 0.05) is 18.7 Å². The quantitative estimate of drug-likeness (QED) is 0.0394. The number of guanidine groups is 1. The van der Waals surface area contributed by atoms with Crippen molar-refractivity contribution in [3.8, 4) is 5.75 Å². The number of nitrogens with two attached hydrogens (primary N) is 4. The summed E-state index contributed by atoms with van der Waals surface area (Å²) in [5, 5.41) is 26.0. The van der Waals surface area contributed by atoms with Gasteiger partial charge in [-0.05, 0) is 43.4 Å². The molecule has 0 spiro atoms. The smallest absolute Gasteiger partial charge is 0.326 e. The van der Waals surface area contributed by atoms with Crippen molar-refractivity contribution < 1.29 is 34.2 Å². The molecule has 0 bridgehead atoms. The molecule has 16 heteroatoms. The van der Waals surface area contributed by atoms with E-state index < -0.39 is 53.8 Å². The molecule has 0 aliphatic rings. The van der Waals surface area contributed by atoms with Crippen molar-refractivity contribution in [1.82, 2.24) is 16.0 Å². The van der Waals surface area contributed by atoms with E-state index in [9.17, 15) is 34.2 Å². The van der Waals surface area contributed by atoms with Crippen molar-refractivity contribution in [3.05, 3.63) is 29.8 Å². The molecule has 0 radical (unpaired) electrons. The van der Waals surface area contributed by atoms with Gasteiger partial charge in [0.05, 0.1) is 6.04 Å². The molecule has 0 fully saturated rings. The summed E-state index contributed by atoms with van der Waals surface area (Å²) in [5.74, 6) is -4.63. The number of aromatic hydroxyl groups is 1. The number of nitrogens with one attached hydrogen (secondary N) is 3.